The average molecular weight is 472 g/mol. The lowest BCUT2D eigenvalue weighted by Gasteiger charge is -2.27. The average Bonchev–Trinajstić information content (AvgIpc) is 2.72. The number of rotatable bonds is 9. The van der Waals surface area contributed by atoms with E-state index in [1.54, 1.807) is 45.0 Å². The Morgan fingerprint density at radius 3 is 2.12 bits per heavy atom. The van der Waals surface area contributed by atoms with Crippen LogP contribution in [0.5, 0.6) is 0 Å². The lowest BCUT2D eigenvalue weighted by Crippen LogP contribution is -2.54. The number of amides is 2. The Morgan fingerprint density at radius 1 is 0.970 bits per heavy atom. The highest BCUT2D eigenvalue weighted by Gasteiger charge is 2.30. The summed E-state index contributed by atoms with van der Waals surface area (Å²) in [6.07, 6.45) is 1.11. The van der Waals surface area contributed by atoms with Gasteiger partial charge in [-0.1, -0.05) is 67.9 Å². The van der Waals surface area contributed by atoms with E-state index in [0.717, 1.165) is 5.56 Å². The molecule has 0 aliphatic carbocycles. The predicted molar refractivity (Wildman–Crippen MR) is 130 cm³/mol. The molecule has 2 rings (SSSR count). The van der Waals surface area contributed by atoms with Gasteiger partial charge in [-0.15, -0.1) is 0 Å². The van der Waals surface area contributed by atoms with Gasteiger partial charge >= 0.3 is 6.09 Å². The molecule has 0 bridgehead atoms. The topological polar surface area (TPSA) is 84.5 Å². The maximum atomic E-state index is 13.1. The van der Waals surface area contributed by atoms with Crippen LogP contribution in [0.15, 0.2) is 54.6 Å². The fourth-order valence-corrected chi connectivity index (χ4v) is 3.25. The third-order valence-corrected chi connectivity index (χ3v) is 4.99. The Balaban J connectivity index is 2.18. The molecule has 2 aromatic rings. The number of hydrogen-bond donors (Lipinski definition) is 2. The molecule has 7 heteroatoms. The van der Waals surface area contributed by atoms with Crippen LogP contribution in [0.2, 0.25) is 5.02 Å². The van der Waals surface area contributed by atoms with Gasteiger partial charge in [-0.2, -0.15) is 0 Å². The number of ketones is 1. The van der Waals surface area contributed by atoms with Crippen LogP contribution in [0.1, 0.15) is 45.7 Å². The van der Waals surface area contributed by atoms with Crippen LogP contribution < -0.4 is 10.6 Å². The fraction of sp³-hybridized carbons (Fsp3) is 0.385. The minimum absolute atomic E-state index is 0.217. The Kier molecular flexibility index (Phi) is 9.47. The second-order valence-corrected chi connectivity index (χ2v) is 9.65. The summed E-state index contributed by atoms with van der Waals surface area (Å²) in [7, 11) is 0. The minimum Gasteiger partial charge on any atom is -0.444 e. The molecule has 2 amide bonds. The number of carbonyl (C=O) groups is 3. The smallest absolute Gasteiger partial charge is 0.408 e. The lowest BCUT2D eigenvalue weighted by molar-refractivity contribution is -0.128. The van der Waals surface area contributed by atoms with Gasteiger partial charge in [0, 0.05) is 5.02 Å². The van der Waals surface area contributed by atoms with Crippen LogP contribution in [-0.4, -0.2) is 35.5 Å². The second-order valence-electron chi connectivity index (χ2n) is 9.22. The fourth-order valence-electron chi connectivity index (χ4n) is 3.13. The molecule has 0 saturated carbocycles. The summed E-state index contributed by atoms with van der Waals surface area (Å²) in [6, 6.07) is 14.6. The molecular formula is C26H32ClN2O4. The molecule has 33 heavy (non-hydrogen) atoms. The van der Waals surface area contributed by atoms with Gasteiger partial charge in [0.15, 0.2) is 5.78 Å². The molecular weight excluding hydrogens is 440 g/mol. The van der Waals surface area contributed by atoms with Crippen LogP contribution in [0.3, 0.4) is 0 Å². The molecule has 2 aromatic carbocycles. The Bertz CT molecular complexity index is 937. The molecule has 0 aliphatic heterocycles. The predicted octanol–water partition coefficient (Wildman–Crippen LogP) is 4.74. The van der Waals surface area contributed by atoms with E-state index in [2.05, 4.69) is 10.6 Å². The van der Waals surface area contributed by atoms with Crippen LogP contribution >= 0.6 is 11.6 Å². The number of carbonyl (C=O) groups excluding carboxylic acids is 3. The van der Waals surface area contributed by atoms with E-state index in [0.29, 0.717) is 17.0 Å². The lowest BCUT2D eigenvalue weighted by atomic mass is 9.96. The number of halogens is 1. The number of Topliss-reactive ketones (excluding diaryl/α,β-unsaturated/α-hetero) is 1. The zero-order valence-electron chi connectivity index (χ0n) is 19.7. The monoisotopic (exact) mass is 471 g/mol. The summed E-state index contributed by atoms with van der Waals surface area (Å²) < 4.78 is 5.29. The van der Waals surface area contributed by atoms with Gasteiger partial charge in [-0.05, 0) is 56.4 Å². The number of ether oxygens (including phenoxy) is 1. The van der Waals surface area contributed by atoms with Crippen LogP contribution in [0, 0.1) is 12.3 Å². The molecule has 2 atom stereocenters. The standard InChI is InChI=1S/C26H32ClN2O4/c1-17(2)23(29-25(32)33-26(3,4)5)24(31)28-21(15-18-9-7-6-8-10-18)22(30)16-19-11-13-20(27)14-12-19/h6-14,16-17,21,23H,15H2,1-5H3,(H,28,31)(H,29,32)/t21-,23-/m0/s1. The van der Waals surface area contributed by atoms with Gasteiger partial charge in [0.1, 0.15) is 11.6 Å². The first-order chi connectivity index (χ1) is 15.4. The SMILES string of the molecule is CC(C)[C@H](NC(=O)OC(C)(C)C)C(=O)N[C@@H](Cc1ccccc1)C(=O)[CH]c1ccc(Cl)cc1. The maximum absolute atomic E-state index is 13.1. The molecule has 0 saturated heterocycles. The summed E-state index contributed by atoms with van der Waals surface area (Å²) >= 11 is 5.93. The Morgan fingerprint density at radius 2 is 1.58 bits per heavy atom. The Hall–Kier alpha value is -2.86. The quantitative estimate of drug-likeness (QED) is 0.553. The van der Waals surface area contributed by atoms with Crippen molar-refractivity contribution in [2.75, 3.05) is 0 Å². The second kappa shape index (κ2) is 11.8. The van der Waals surface area contributed by atoms with Crippen molar-refractivity contribution in [2.24, 2.45) is 5.92 Å². The van der Waals surface area contributed by atoms with Crippen molar-refractivity contribution < 1.29 is 19.1 Å². The third-order valence-electron chi connectivity index (χ3n) is 4.74. The van der Waals surface area contributed by atoms with Gasteiger partial charge in [-0.25, -0.2) is 4.79 Å². The highest BCUT2D eigenvalue weighted by atomic mass is 35.5. The maximum Gasteiger partial charge on any atom is 0.408 e. The number of benzene rings is 2. The summed E-state index contributed by atoms with van der Waals surface area (Å²) in [4.78, 5) is 38.5. The molecule has 177 valence electrons. The van der Waals surface area contributed by atoms with E-state index in [1.807, 2.05) is 44.2 Å². The van der Waals surface area contributed by atoms with Crippen molar-refractivity contribution in [1.29, 1.82) is 0 Å². The first kappa shape index (κ1) is 26.4. The molecule has 2 N–H and O–H groups in total. The molecule has 0 aliphatic rings. The molecule has 0 spiro atoms. The number of hydrogen-bond acceptors (Lipinski definition) is 4. The first-order valence-electron chi connectivity index (χ1n) is 10.9. The van der Waals surface area contributed by atoms with Crippen molar-refractivity contribution in [3.63, 3.8) is 0 Å². The number of nitrogens with one attached hydrogen (secondary N) is 2. The molecule has 0 heterocycles. The number of alkyl carbamates (subject to hydrolysis) is 1. The highest BCUT2D eigenvalue weighted by molar-refractivity contribution is 6.30. The summed E-state index contributed by atoms with van der Waals surface area (Å²) in [5, 5.41) is 6.03. The summed E-state index contributed by atoms with van der Waals surface area (Å²) in [6.45, 7) is 8.87. The van der Waals surface area contributed by atoms with Crippen molar-refractivity contribution in [3.8, 4) is 0 Å². The largest absolute Gasteiger partial charge is 0.444 e. The summed E-state index contributed by atoms with van der Waals surface area (Å²) in [5.41, 5.74) is 0.896. The molecule has 0 fully saturated rings. The van der Waals surface area contributed by atoms with E-state index < -0.39 is 29.7 Å². The summed E-state index contributed by atoms with van der Waals surface area (Å²) in [5.74, 6) is -0.922. The highest BCUT2D eigenvalue weighted by Crippen LogP contribution is 2.14. The van der Waals surface area contributed by atoms with Crippen LogP contribution in [0.4, 0.5) is 4.79 Å². The van der Waals surface area contributed by atoms with E-state index >= 15 is 0 Å². The van der Waals surface area contributed by atoms with E-state index in [9.17, 15) is 14.4 Å². The van der Waals surface area contributed by atoms with Crippen LogP contribution in [0.25, 0.3) is 0 Å². The van der Waals surface area contributed by atoms with Gasteiger partial charge < -0.3 is 15.4 Å². The van der Waals surface area contributed by atoms with Gasteiger partial charge in [0.2, 0.25) is 5.91 Å². The third kappa shape index (κ3) is 9.26. The van der Waals surface area contributed by atoms with Gasteiger partial charge in [0.25, 0.3) is 0 Å². The molecule has 6 nitrogen and oxygen atoms in total. The van der Waals surface area contributed by atoms with Crippen molar-refractivity contribution in [3.05, 3.63) is 77.2 Å². The van der Waals surface area contributed by atoms with Crippen molar-refractivity contribution in [1.82, 2.24) is 10.6 Å². The van der Waals surface area contributed by atoms with Gasteiger partial charge in [-0.3, -0.25) is 9.59 Å². The zero-order valence-corrected chi connectivity index (χ0v) is 20.5. The first-order valence-corrected chi connectivity index (χ1v) is 11.3. The minimum atomic E-state index is -0.860. The van der Waals surface area contributed by atoms with Crippen molar-refractivity contribution >= 4 is 29.4 Å². The Labute approximate surface area is 201 Å². The molecule has 0 unspecified atom stereocenters. The molecule has 1 radical (unpaired) electrons. The van der Waals surface area contributed by atoms with Crippen LogP contribution in [-0.2, 0) is 20.7 Å². The normalized spacial score (nSPS) is 13.2. The van der Waals surface area contributed by atoms with Gasteiger partial charge in [0.05, 0.1) is 12.5 Å². The van der Waals surface area contributed by atoms with E-state index in [4.69, 9.17) is 16.3 Å². The zero-order chi connectivity index (χ0) is 24.6. The van der Waals surface area contributed by atoms with E-state index in [1.165, 1.54) is 6.42 Å². The van der Waals surface area contributed by atoms with Crippen molar-refractivity contribution in [2.45, 2.75) is 58.7 Å². The van der Waals surface area contributed by atoms with E-state index in [-0.39, 0.29) is 11.7 Å². The molecule has 0 aromatic heterocycles.